The number of aryl methyl sites for hydroxylation is 2. The van der Waals surface area contributed by atoms with Crippen LogP contribution in [-0.4, -0.2) is 42.5 Å². The third-order valence-electron chi connectivity index (χ3n) is 5.85. The molecule has 3 aromatic rings. The van der Waals surface area contributed by atoms with Gasteiger partial charge in [0, 0.05) is 24.3 Å². The summed E-state index contributed by atoms with van der Waals surface area (Å²) in [6.45, 7) is 5.12. The molecule has 2 heterocycles. The van der Waals surface area contributed by atoms with Gasteiger partial charge in [-0.2, -0.15) is 4.98 Å². The molecule has 1 saturated heterocycles. The Kier molecular flexibility index (Phi) is 6.78. The van der Waals surface area contributed by atoms with Crippen molar-refractivity contribution in [3.63, 3.8) is 0 Å². The first-order valence-corrected chi connectivity index (χ1v) is 12.7. The highest BCUT2D eigenvalue weighted by Gasteiger charge is 2.24. The minimum atomic E-state index is -3.84. The van der Waals surface area contributed by atoms with Crippen LogP contribution in [0.3, 0.4) is 0 Å². The number of sulfonamides is 1. The second-order valence-electron chi connectivity index (χ2n) is 8.27. The van der Waals surface area contributed by atoms with Gasteiger partial charge in [0.1, 0.15) is 0 Å². The number of nitrogens with zero attached hydrogens (tertiary/aromatic N) is 3. The van der Waals surface area contributed by atoms with Crippen molar-refractivity contribution in [3.05, 3.63) is 59.5 Å². The van der Waals surface area contributed by atoms with E-state index >= 15 is 0 Å². The molecule has 174 valence electrons. The zero-order valence-electron chi connectivity index (χ0n) is 18.9. The fraction of sp³-hybridized carbons (Fsp3) is 0.375. The number of anilines is 1. The Hall–Kier alpha value is -3.20. The van der Waals surface area contributed by atoms with Crippen LogP contribution >= 0.6 is 0 Å². The average Bonchev–Trinajstić information content (AvgIpc) is 3.14. The van der Waals surface area contributed by atoms with Gasteiger partial charge in [0.25, 0.3) is 10.0 Å². The van der Waals surface area contributed by atoms with Gasteiger partial charge in [-0.05, 0) is 55.5 Å². The van der Waals surface area contributed by atoms with Crippen molar-refractivity contribution in [1.82, 2.24) is 15.0 Å². The van der Waals surface area contributed by atoms with E-state index in [1.807, 2.05) is 19.1 Å². The zero-order chi connectivity index (χ0) is 23.4. The van der Waals surface area contributed by atoms with Crippen molar-refractivity contribution in [1.29, 1.82) is 0 Å². The number of carbonyl (C=O) groups is 1. The topological polar surface area (TPSA) is 105 Å². The van der Waals surface area contributed by atoms with Gasteiger partial charge < -0.3 is 9.42 Å². The third kappa shape index (κ3) is 5.24. The van der Waals surface area contributed by atoms with Crippen LogP contribution in [-0.2, 0) is 16.4 Å². The van der Waals surface area contributed by atoms with Gasteiger partial charge in [0.15, 0.2) is 0 Å². The van der Waals surface area contributed by atoms with E-state index in [1.54, 1.807) is 36.1 Å². The Morgan fingerprint density at radius 1 is 1.06 bits per heavy atom. The first-order valence-electron chi connectivity index (χ1n) is 11.2. The molecular weight excluding hydrogens is 440 g/mol. The van der Waals surface area contributed by atoms with Gasteiger partial charge in [-0.25, -0.2) is 8.42 Å². The summed E-state index contributed by atoms with van der Waals surface area (Å²) in [7, 11) is -3.84. The first-order chi connectivity index (χ1) is 15.9. The maximum atomic E-state index is 13.1. The monoisotopic (exact) mass is 468 g/mol. The van der Waals surface area contributed by atoms with Crippen LogP contribution in [0.15, 0.2) is 51.9 Å². The minimum Gasteiger partial charge on any atom is -0.334 e. The molecule has 0 spiro atoms. The van der Waals surface area contributed by atoms with E-state index in [9.17, 15) is 13.2 Å². The molecule has 1 aliphatic heterocycles. The highest BCUT2D eigenvalue weighted by atomic mass is 32.2. The van der Waals surface area contributed by atoms with Gasteiger partial charge in [-0.15, -0.1) is 0 Å². The predicted molar refractivity (Wildman–Crippen MR) is 125 cm³/mol. The van der Waals surface area contributed by atoms with Gasteiger partial charge >= 0.3 is 11.8 Å². The average molecular weight is 469 g/mol. The standard InChI is InChI=1S/C24H28N4O4S/c1-3-18-9-12-20(13-10-18)27-33(30,31)21-16-19(11-8-17(21)2)22-25-23(32-26-22)24(29)28-14-6-4-5-7-15-28/h8-13,16,27H,3-7,14-15H2,1-2H3. The molecule has 0 radical (unpaired) electrons. The lowest BCUT2D eigenvalue weighted by Crippen LogP contribution is -2.32. The fourth-order valence-corrected chi connectivity index (χ4v) is 5.21. The van der Waals surface area contributed by atoms with E-state index in [2.05, 4.69) is 14.9 Å². The summed E-state index contributed by atoms with van der Waals surface area (Å²) in [6.07, 6.45) is 5.01. The minimum absolute atomic E-state index is 0.0778. The van der Waals surface area contributed by atoms with Crippen LogP contribution in [0.4, 0.5) is 5.69 Å². The number of hydrogen-bond donors (Lipinski definition) is 1. The van der Waals surface area contributed by atoms with Gasteiger partial charge in [-0.3, -0.25) is 9.52 Å². The molecule has 1 fully saturated rings. The van der Waals surface area contributed by atoms with Crippen LogP contribution in [0.5, 0.6) is 0 Å². The summed E-state index contributed by atoms with van der Waals surface area (Å²) in [4.78, 5) is 18.9. The smallest absolute Gasteiger partial charge is 0.316 e. The molecule has 0 unspecified atom stereocenters. The maximum Gasteiger partial charge on any atom is 0.316 e. The summed E-state index contributed by atoms with van der Waals surface area (Å²) in [5, 5.41) is 3.93. The number of benzene rings is 2. The van der Waals surface area contributed by atoms with Crippen molar-refractivity contribution in [2.45, 2.75) is 50.8 Å². The molecule has 1 aliphatic rings. The van der Waals surface area contributed by atoms with Gasteiger partial charge in [0.05, 0.1) is 4.90 Å². The zero-order valence-corrected chi connectivity index (χ0v) is 19.7. The van der Waals surface area contributed by atoms with Crippen LogP contribution < -0.4 is 4.72 Å². The van der Waals surface area contributed by atoms with E-state index in [4.69, 9.17) is 4.52 Å². The molecule has 0 bridgehead atoms. The number of hydrogen-bond acceptors (Lipinski definition) is 6. The van der Waals surface area contributed by atoms with E-state index < -0.39 is 10.0 Å². The van der Waals surface area contributed by atoms with Crippen LogP contribution in [0.1, 0.15) is 54.4 Å². The molecule has 33 heavy (non-hydrogen) atoms. The molecule has 4 rings (SSSR count). The summed E-state index contributed by atoms with van der Waals surface area (Å²) >= 11 is 0. The van der Waals surface area contributed by atoms with Gasteiger partial charge in [0.2, 0.25) is 5.82 Å². The summed E-state index contributed by atoms with van der Waals surface area (Å²) in [5.74, 6) is -0.184. The number of nitrogens with one attached hydrogen (secondary N) is 1. The Bertz CT molecular complexity index is 1230. The summed E-state index contributed by atoms with van der Waals surface area (Å²) in [6, 6.07) is 12.2. The SMILES string of the molecule is CCc1ccc(NS(=O)(=O)c2cc(-c3noc(C(=O)N4CCCCCC4)n3)ccc2C)cc1. The molecule has 9 heteroatoms. The Labute approximate surface area is 194 Å². The quantitative estimate of drug-likeness (QED) is 0.574. The number of likely N-dealkylation sites (tertiary alicyclic amines) is 1. The molecule has 0 atom stereocenters. The fourth-order valence-electron chi connectivity index (χ4n) is 3.88. The Morgan fingerprint density at radius 2 is 1.76 bits per heavy atom. The lowest BCUT2D eigenvalue weighted by molar-refractivity contribution is 0.0711. The van der Waals surface area contributed by atoms with E-state index in [1.165, 1.54) is 6.07 Å². The number of rotatable bonds is 6. The summed E-state index contributed by atoms with van der Waals surface area (Å²) < 4.78 is 34.0. The third-order valence-corrected chi connectivity index (χ3v) is 7.38. The molecule has 1 aromatic heterocycles. The second kappa shape index (κ2) is 9.74. The van der Waals surface area contributed by atoms with Crippen LogP contribution in [0.2, 0.25) is 0 Å². The van der Waals surface area contributed by atoms with Gasteiger partial charge in [-0.1, -0.05) is 49.2 Å². The highest BCUT2D eigenvalue weighted by molar-refractivity contribution is 7.92. The second-order valence-corrected chi connectivity index (χ2v) is 9.92. The van der Waals surface area contributed by atoms with Crippen molar-refractivity contribution in [2.75, 3.05) is 17.8 Å². The molecule has 0 aliphatic carbocycles. The van der Waals surface area contributed by atoms with Crippen molar-refractivity contribution in [3.8, 4) is 11.4 Å². The van der Waals surface area contributed by atoms with Crippen molar-refractivity contribution >= 4 is 21.6 Å². The molecule has 0 saturated carbocycles. The number of amides is 1. The molecule has 8 nitrogen and oxygen atoms in total. The molecular formula is C24H28N4O4S. The largest absolute Gasteiger partial charge is 0.334 e. The van der Waals surface area contributed by atoms with E-state index in [0.717, 1.165) is 37.7 Å². The Balaban J connectivity index is 1.57. The maximum absolute atomic E-state index is 13.1. The van der Waals surface area contributed by atoms with Crippen molar-refractivity contribution in [2.24, 2.45) is 0 Å². The number of aromatic nitrogens is 2. The normalized spacial score (nSPS) is 14.7. The van der Waals surface area contributed by atoms with Crippen LogP contribution in [0.25, 0.3) is 11.4 Å². The lowest BCUT2D eigenvalue weighted by atomic mass is 10.1. The molecule has 2 aromatic carbocycles. The predicted octanol–water partition coefficient (Wildman–Crippen LogP) is 4.42. The van der Waals surface area contributed by atoms with Crippen LogP contribution in [0, 0.1) is 6.92 Å². The summed E-state index contributed by atoms with van der Waals surface area (Å²) in [5.41, 5.74) is 2.66. The van der Waals surface area contributed by atoms with Crippen molar-refractivity contribution < 1.29 is 17.7 Å². The molecule has 1 amide bonds. The highest BCUT2D eigenvalue weighted by Crippen LogP contribution is 2.26. The molecule has 1 N–H and O–H groups in total. The first kappa shape index (κ1) is 23.0. The van der Waals surface area contributed by atoms with E-state index in [-0.39, 0.29) is 22.5 Å². The Morgan fingerprint density at radius 3 is 2.42 bits per heavy atom. The lowest BCUT2D eigenvalue weighted by Gasteiger charge is -2.17. The number of carbonyl (C=O) groups excluding carboxylic acids is 1. The van der Waals surface area contributed by atoms with E-state index in [0.29, 0.717) is 29.9 Å².